The van der Waals surface area contributed by atoms with Gasteiger partial charge in [-0.15, -0.1) is 0 Å². The van der Waals surface area contributed by atoms with E-state index in [-0.39, 0.29) is 0 Å². The molecule has 0 amide bonds. The van der Waals surface area contributed by atoms with Crippen molar-refractivity contribution in [2.45, 2.75) is 6.17 Å². The summed E-state index contributed by atoms with van der Waals surface area (Å²) in [6.07, 6.45) is 7.02. The van der Waals surface area contributed by atoms with Crippen LogP contribution in [0.5, 0.6) is 0 Å². The van der Waals surface area contributed by atoms with Crippen LogP contribution >= 0.6 is 11.6 Å². The molecule has 6 rings (SSSR count). The van der Waals surface area contributed by atoms with Gasteiger partial charge in [0.2, 0.25) is 7.28 Å². The standard InChI is InChI=1S/C36H29BClN2Si/c38-31-18-13-23-34(27-31)41(32-19-9-3-10-20-32,33-21-11-4-12-22-33)28-40-25-24-39-36(40)37-35(30-16-7-2-8-17-30)26-29-14-5-1-6-15-29/h1-27H,28H2. The normalized spacial score (nSPS) is 11.8. The molecule has 0 atom stereocenters. The number of benzene rings is 5. The Balaban J connectivity index is 1.49. The summed E-state index contributed by atoms with van der Waals surface area (Å²) in [6.45, 7) is 0. The molecule has 0 bridgehead atoms. The van der Waals surface area contributed by atoms with Gasteiger partial charge in [-0.25, -0.2) is 0 Å². The first-order valence-electron chi connectivity index (χ1n) is 13.8. The first kappa shape index (κ1) is 26.8. The van der Waals surface area contributed by atoms with Crippen molar-refractivity contribution in [2.75, 3.05) is 0 Å². The Labute approximate surface area is 248 Å². The van der Waals surface area contributed by atoms with Gasteiger partial charge >= 0.3 is 0 Å². The van der Waals surface area contributed by atoms with Crippen LogP contribution in [-0.2, 0) is 6.17 Å². The second kappa shape index (κ2) is 12.4. The maximum Gasteiger partial charge on any atom is 0.241 e. The van der Waals surface area contributed by atoms with Gasteiger partial charge in [-0.2, -0.15) is 0 Å². The quantitative estimate of drug-likeness (QED) is 0.124. The number of hydrogen-bond donors (Lipinski definition) is 0. The van der Waals surface area contributed by atoms with Crippen LogP contribution in [0.2, 0.25) is 5.02 Å². The Morgan fingerprint density at radius 2 is 1.24 bits per heavy atom. The monoisotopic (exact) mass is 563 g/mol. The van der Waals surface area contributed by atoms with Crippen molar-refractivity contribution in [1.82, 2.24) is 9.55 Å². The summed E-state index contributed by atoms with van der Waals surface area (Å²) >= 11 is 6.64. The molecular weight excluding hydrogens is 535 g/mol. The molecule has 5 aromatic carbocycles. The summed E-state index contributed by atoms with van der Waals surface area (Å²) in [6, 6.07) is 51.2. The highest BCUT2D eigenvalue weighted by Gasteiger charge is 2.40. The van der Waals surface area contributed by atoms with Crippen LogP contribution in [0.25, 0.3) is 11.5 Å². The zero-order valence-electron chi connectivity index (χ0n) is 22.6. The molecular formula is C36H29BClN2Si. The average Bonchev–Trinajstić information content (AvgIpc) is 3.47. The maximum absolute atomic E-state index is 6.64. The zero-order chi connectivity index (χ0) is 27.9. The van der Waals surface area contributed by atoms with Gasteiger partial charge in [0, 0.05) is 23.6 Å². The highest BCUT2D eigenvalue weighted by Crippen LogP contribution is 2.18. The molecule has 0 aliphatic heterocycles. The molecule has 0 unspecified atom stereocenters. The van der Waals surface area contributed by atoms with Gasteiger partial charge in [-0.3, -0.25) is 4.98 Å². The maximum atomic E-state index is 6.64. The predicted octanol–water partition coefficient (Wildman–Crippen LogP) is 5.77. The summed E-state index contributed by atoms with van der Waals surface area (Å²) in [4.78, 5) is 4.87. The Morgan fingerprint density at radius 1 is 0.683 bits per heavy atom. The highest BCUT2D eigenvalue weighted by atomic mass is 35.5. The lowest BCUT2D eigenvalue weighted by Crippen LogP contribution is -2.70. The van der Waals surface area contributed by atoms with Crippen LogP contribution < -0.4 is 21.3 Å². The third-order valence-corrected chi connectivity index (χ3v) is 12.5. The first-order chi connectivity index (χ1) is 20.2. The SMILES string of the molecule is Clc1cccc([Si](Cn2ccnc2[B]C(=Cc2ccccc2)c2ccccc2)(c2ccccc2)c2ccccc2)c1. The predicted molar refractivity (Wildman–Crippen MR) is 177 cm³/mol. The van der Waals surface area contributed by atoms with Crippen molar-refractivity contribution in [1.29, 1.82) is 0 Å². The fraction of sp³-hybridized carbons (Fsp3) is 0.0278. The van der Waals surface area contributed by atoms with Crippen molar-refractivity contribution in [3.8, 4) is 0 Å². The Morgan fingerprint density at radius 3 is 1.85 bits per heavy atom. The molecule has 6 aromatic rings. The van der Waals surface area contributed by atoms with Crippen LogP contribution in [0.4, 0.5) is 0 Å². The Hall–Kier alpha value is -4.38. The second-order valence-electron chi connectivity index (χ2n) is 10.1. The molecule has 5 heteroatoms. The molecule has 1 heterocycles. The Kier molecular flexibility index (Phi) is 8.13. The van der Waals surface area contributed by atoms with Crippen LogP contribution in [0.15, 0.2) is 158 Å². The summed E-state index contributed by atoms with van der Waals surface area (Å²) < 4.78 is 2.31. The van der Waals surface area contributed by atoms with E-state index in [1.54, 1.807) is 0 Å². The zero-order valence-corrected chi connectivity index (χ0v) is 24.4. The average molecular weight is 564 g/mol. The van der Waals surface area contributed by atoms with E-state index in [1.807, 2.05) is 18.3 Å². The fourth-order valence-corrected chi connectivity index (χ4v) is 10.4. The van der Waals surface area contributed by atoms with Crippen molar-refractivity contribution in [3.63, 3.8) is 0 Å². The van der Waals surface area contributed by atoms with E-state index in [9.17, 15) is 0 Å². The molecule has 0 saturated heterocycles. The van der Waals surface area contributed by atoms with Gasteiger partial charge in [-0.05, 0) is 38.8 Å². The lowest BCUT2D eigenvalue weighted by molar-refractivity contribution is 0.893. The summed E-state index contributed by atoms with van der Waals surface area (Å²) in [7, 11) is -0.393. The molecule has 0 fully saturated rings. The summed E-state index contributed by atoms with van der Waals surface area (Å²) in [5.41, 5.74) is 4.33. The van der Waals surface area contributed by atoms with Crippen molar-refractivity contribution >= 4 is 59.8 Å². The molecule has 0 spiro atoms. The molecule has 1 aromatic heterocycles. The molecule has 0 N–H and O–H groups in total. The van der Waals surface area contributed by atoms with E-state index < -0.39 is 8.07 Å². The topological polar surface area (TPSA) is 17.8 Å². The molecule has 197 valence electrons. The summed E-state index contributed by atoms with van der Waals surface area (Å²) in [5, 5.41) is 4.68. The van der Waals surface area contributed by atoms with Crippen molar-refractivity contribution in [2.24, 2.45) is 0 Å². The smallest absolute Gasteiger partial charge is 0.241 e. The molecule has 2 nitrogen and oxygen atoms in total. The molecule has 0 aliphatic carbocycles. The van der Waals surface area contributed by atoms with Gasteiger partial charge < -0.3 is 4.57 Å². The first-order valence-corrected chi connectivity index (χ1v) is 16.4. The van der Waals surface area contributed by atoms with E-state index in [2.05, 4.69) is 158 Å². The van der Waals surface area contributed by atoms with Crippen LogP contribution in [0.1, 0.15) is 11.1 Å². The van der Waals surface area contributed by atoms with Gasteiger partial charge in [0.1, 0.15) is 0 Å². The van der Waals surface area contributed by atoms with Crippen LogP contribution in [-0.4, -0.2) is 24.9 Å². The van der Waals surface area contributed by atoms with Gasteiger partial charge in [0.15, 0.2) is 8.07 Å². The van der Waals surface area contributed by atoms with E-state index >= 15 is 0 Å². The van der Waals surface area contributed by atoms with Gasteiger partial charge in [0.25, 0.3) is 0 Å². The third-order valence-electron chi connectivity index (χ3n) is 7.52. The number of hydrogen-bond acceptors (Lipinski definition) is 1. The van der Waals surface area contributed by atoms with Crippen LogP contribution in [0.3, 0.4) is 0 Å². The number of rotatable bonds is 9. The van der Waals surface area contributed by atoms with Gasteiger partial charge in [0.05, 0.1) is 5.72 Å². The minimum absolute atomic E-state index is 0.751. The van der Waals surface area contributed by atoms with E-state index in [0.717, 1.165) is 33.5 Å². The third kappa shape index (κ3) is 5.90. The molecule has 0 saturated carbocycles. The molecule has 1 radical (unpaired) electrons. The van der Waals surface area contributed by atoms with Crippen molar-refractivity contribution < 1.29 is 0 Å². The fourth-order valence-electron chi connectivity index (χ4n) is 5.53. The van der Waals surface area contributed by atoms with Gasteiger partial charge in [-0.1, -0.05) is 157 Å². The van der Waals surface area contributed by atoms with E-state index in [1.165, 1.54) is 15.6 Å². The van der Waals surface area contributed by atoms with E-state index in [0.29, 0.717) is 0 Å². The minimum atomic E-state index is -2.60. The highest BCUT2D eigenvalue weighted by molar-refractivity contribution is 7.10. The lowest BCUT2D eigenvalue weighted by Gasteiger charge is -2.34. The van der Waals surface area contributed by atoms with E-state index in [4.69, 9.17) is 16.6 Å². The minimum Gasteiger partial charge on any atom is -0.345 e. The largest absolute Gasteiger partial charge is 0.345 e. The Bertz CT molecular complexity index is 1700. The summed E-state index contributed by atoms with van der Waals surface area (Å²) in [5.74, 6) is 0. The number of aromatic nitrogens is 2. The number of halogens is 1. The molecule has 0 aliphatic rings. The molecule has 41 heavy (non-hydrogen) atoms. The number of nitrogens with zero attached hydrogens (tertiary/aromatic N) is 2. The lowest BCUT2D eigenvalue weighted by atomic mass is 9.65. The number of imidazole rings is 1. The second-order valence-corrected chi connectivity index (χ2v) is 14.4. The van der Waals surface area contributed by atoms with Crippen LogP contribution in [0, 0.1) is 0 Å². The van der Waals surface area contributed by atoms with Crippen molar-refractivity contribution in [3.05, 3.63) is 174 Å².